The minimum atomic E-state index is -0.578. The summed E-state index contributed by atoms with van der Waals surface area (Å²) in [5.41, 5.74) is 4.03. The van der Waals surface area contributed by atoms with Gasteiger partial charge in [0.1, 0.15) is 17.1 Å². The lowest BCUT2D eigenvalue weighted by Crippen LogP contribution is -2.44. The summed E-state index contributed by atoms with van der Waals surface area (Å²) in [4.78, 5) is 12.8. The molecule has 0 saturated heterocycles. The van der Waals surface area contributed by atoms with Crippen LogP contribution in [-0.4, -0.2) is 17.6 Å². The summed E-state index contributed by atoms with van der Waals surface area (Å²) in [7, 11) is 0. The smallest absolute Gasteiger partial charge is 0.261 e. The van der Waals surface area contributed by atoms with Crippen LogP contribution in [0.2, 0.25) is 0 Å². The number of carbonyl (C=O) groups is 1. The average Bonchev–Trinajstić information content (AvgIpc) is 2.55. The van der Waals surface area contributed by atoms with Crippen LogP contribution in [0.25, 0.3) is 0 Å². The molecule has 0 saturated carbocycles. The Morgan fingerprint density at radius 1 is 1.15 bits per heavy atom. The van der Waals surface area contributed by atoms with E-state index in [1.54, 1.807) is 6.92 Å². The number of nitrogens with one attached hydrogen (secondary N) is 1. The van der Waals surface area contributed by atoms with E-state index in [0.29, 0.717) is 6.42 Å². The molecule has 1 aliphatic rings. The number of ether oxygens (including phenoxy) is 2. The third-order valence-electron chi connectivity index (χ3n) is 4.95. The van der Waals surface area contributed by atoms with Gasteiger partial charge in [0.05, 0.1) is 6.04 Å². The molecular weight excluding hydrogens is 338 g/mol. The van der Waals surface area contributed by atoms with Crippen molar-refractivity contribution in [1.29, 1.82) is 0 Å². The molecule has 2 aromatic rings. The molecule has 0 fully saturated rings. The Bertz CT molecular complexity index is 857. The highest BCUT2D eigenvalue weighted by atomic mass is 16.5. The van der Waals surface area contributed by atoms with Crippen molar-refractivity contribution in [3.63, 3.8) is 0 Å². The number of hydrogen-bond donors (Lipinski definition) is 1. The van der Waals surface area contributed by atoms with Crippen molar-refractivity contribution in [2.75, 3.05) is 0 Å². The Hall–Kier alpha value is -2.49. The van der Waals surface area contributed by atoms with Crippen LogP contribution in [0.4, 0.5) is 0 Å². The zero-order valence-corrected chi connectivity index (χ0v) is 17.1. The molecule has 0 aromatic heterocycles. The molecule has 2 atom stereocenters. The second kappa shape index (κ2) is 7.26. The summed E-state index contributed by atoms with van der Waals surface area (Å²) in [6, 6.07) is 12.0. The van der Waals surface area contributed by atoms with Crippen LogP contribution in [-0.2, 0) is 4.79 Å². The lowest BCUT2D eigenvalue weighted by atomic mass is 9.89. The molecule has 27 heavy (non-hydrogen) atoms. The molecule has 0 bridgehead atoms. The Balaban J connectivity index is 1.75. The van der Waals surface area contributed by atoms with Gasteiger partial charge in [0.15, 0.2) is 6.10 Å². The van der Waals surface area contributed by atoms with Crippen LogP contribution >= 0.6 is 0 Å². The molecule has 0 aliphatic carbocycles. The van der Waals surface area contributed by atoms with Gasteiger partial charge in [0.25, 0.3) is 5.91 Å². The molecule has 144 valence electrons. The first kappa shape index (κ1) is 19.3. The van der Waals surface area contributed by atoms with Crippen LogP contribution in [0.5, 0.6) is 11.5 Å². The zero-order chi connectivity index (χ0) is 19.8. The largest absolute Gasteiger partial charge is 0.487 e. The number of benzene rings is 2. The van der Waals surface area contributed by atoms with Crippen LogP contribution in [0.1, 0.15) is 55.5 Å². The van der Waals surface area contributed by atoms with Gasteiger partial charge in [-0.3, -0.25) is 4.79 Å². The predicted molar refractivity (Wildman–Crippen MR) is 107 cm³/mol. The first-order valence-electron chi connectivity index (χ1n) is 9.48. The molecule has 1 aliphatic heterocycles. The summed E-state index contributed by atoms with van der Waals surface area (Å²) in [5.74, 6) is 1.47. The lowest BCUT2D eigenvalue weighted by molar-refractivity contribution is -0.128. The van der Waals surface area contributed by atoms with E-state index < -0.39 is 6.10 Å². The van der Waals surface area contributed by atoms with E-state index in [9.17, 15) is 4.79 Å². The van der Waals surface area contributed by atoms with Crippen LogP contribution in [0.15, 0.2) is 36.4 Å². The maximum Gasteiger partial charge on any atom is 0.261 e. The summed E-state index contributed by atoms with van der Waals surface area (Å²) < 4.78 is 12.0. The summed E-state index contributed by atoms with van der Waals surface area (Å²) in [6.07, 6.45) is 0.136. The SMILES string of the molecule is Cc1ccc(OC(C)C(=O)NC2CC(C)(C)Oc3cc(C)ccc32)c(C)c1. The molecule has 4 heteroatoms. The van der Waals surface area contributed by atoms with Gasteiger partial charge in [-0.1, -0.05) is 29.8 Å². The van der Waals surface area contributed by atoms with E-state index in [0.717, 1.165) is 28.2 Å². The fourth-order valence-electron chi connectivity index (χ4n) is 3.55. The highest BCUT2D eigenvalue weighted by Crippen LogP contribution is 2.40. The summed E-state index contributed by atoms with van der Waals surface area (Å²) in [5, 5.41) is 3.16. The Morgan fingerprint density at radius 2 is 1.81 bits per heavy atom. The number of amides is 1. The number of hydrogen-bond acceptors (Lipinski definition) is 3. The number of rotatable bonds is 4. The summed E-state index contributed by atoms with van der Waals surface area (Å²) in [6.45, 7) is 12.0. The van der Waals surface area contributed by atoms with Crippen molar-refractivity contribution < 1.29 is 14.3 Å². The van der Waals surface area contributed by atoms with E-state index in [-0.39, 0.29) is 17.6 Å². The second-order valence-corrected chi connectivity index (χ2v) is 8.20. The van der Waals surface area contributed by atoms with Crippen molar-refractivity contribution in [2.45, 2.75) is 65.7 Å². The van der Waals surface area contributed by atoms with E-state index in [4.69, 9.17) is 9.47 Å². The second-order valence-electron chi connectivity index (χ2n) is 8.20. The first-order chi connectivity index (χ1) is 12.6. The first-order valence-corrected chi connectivity index (χ1v) is 9.48. The van der Waals surface area contributed by atoms with Gasteiger partial charge in [-0.05, 0) is 64.8 Å². The monoisotopic (exact) mass is 367 g/mol. The van der Waals surface area contributed by atoms with Crippen molar-refractivity contribution in [3.05, 3.63) is 58.7 Å². The normalized spacial score (nSPS) is 18.8. The van der Waals surface area contributed by atoms with E-state index >= 15 is 0 Å². The van der Waals surface area contributed by atoms with Gasteiger partial charge < -0.3 is 14.8 Å². The van der Waals surface area contributed by atoms with Gasteiger partial charge in [0.2, 0.25) is 0 Å². The minimum absolute atomic E-state index is 0.0954. The standard InChI is InChI=1S/C23H29NO3/c1-14-8-10-20(16(3)11-14)26-17(4)22(25)24-19-13-23(5,6)27-21-12-15(2)7-9-18(19)21/h7-12,17,19H,13H2,1-6H3,(H,24,25). The topological polar surface area (TPSA) is 47.6 Å². The molecule has 0 radical (unpaired) electrons. The average molecular weight is 367 g/mol. The molecule has 1 heterocycles. The Morgan fingerprint density at radius 3 is 2.52 bits per heavy atom. The van der Waals surface area contributed by atoms with Crippen molar-refractivity contribution >= 4 is 5.91 Å². The van der Waals surface area contributed by atoms with Crippen molar-refractivity contribution in [3.8, 4) is 11.5 Å². The zero-order valence-electron chi connectivity index (χ0n) is 17.1. The van der Waals surface area contributed by atoms with Gasteiger partial charge >= 0.3 is 0 Å². The molecule has 0 spiro atoms. The molecular formula is C23H29NO3. The maximum atomic E-state index is 12.8. The highest BCUT2D eigenvalue weighted by molar-refractivity contribution is 5.81. The number of carbonyl (C=O) groups excluding carboxylic acids is 1. The molecule has 2 unspecified atom stereocenters. The van der Waals surface area contributed by atoms with Gasteiger partial charge in [-0.2, -0.15) is 0 Å². The fourth-order valence-corrected chi connectivity index (χ4v) is 3.55. The van der Waals surface area contributed by atoms with Crippen molar-refractivity contribution in [2.24, 2.45) is 0 Å². The predicted octanol–water partition coefficient (Wildman–Crippen LogP) is 4.80. The molecule has 4 nitrogen and oxygen atoms in total. The Kier molecular flexibility index (Phi) is 5.18. The molecule has 3 rings (SSSR count). The van der Waals surface area contributed by atoms with Gasteiger partial charge in [0, 0.05) is 12.0 Å². The Labute approximate surface area is 161 Å². The quantitative estimate of drug-likeness (QED) is 0.844. The van der Waals surface area contributed by atoms with Crippen LogP contribution in [0.3, 0.4) is 0 Å². The van der Waals surface area contributed by atoms with Crippen LogP contribution in [0, 0.1) is 20.8 Å². The molecule has 2 aromatic carbocycles. The number of fused-ring (bicyclic) bond motifs is 1. The highest BCUT2D eigenvalue weighted by Gasteiger charge is 2.35. The fraction of sp³-hybridized carbons (Fsp3) is 0.435. The number of aryl methyl sites for hydroxylation is 3. The maximum absolute atomic E-state index is 12.8. The summed E-state index contributed by atoms with van der Waals surface area (Å²) >= 11 is 0. The van der Waals surface area contributed by atoms with Crippen LogP contribution < -0.4 is 14.8 Å². The lowest BCUT2D eigenvalue weighted by Gasteiger charge is -2.38. The third kappa shape index (κ3) is 4.44. The van der Waals surface area contributed by atoms with E-state index in [1.807, 2.05) is 58.9 Å². The minimum Gasteiger partial charge on any atom is -0.487 e. The molecule has 1 amide bonds. The van der Waals surface area contributed by atoms with Crippen molar-refractivity contribution in [1.82, 2.24) is 5.32 Å². The molecule has 1 N–H and O–H groups in total. The third-order valence-corrected chi connectivity index (χ3v) is 4.95. The van der Waals surface area contributed by atoms with Gasteiger partial charge in [-0.25, -0.2) is 0 Å². The van der Waals surface area contributed by atoms with E-state index in [1.165, 1.54) is 5.56 Å². The van der Waals surface area contributed by atoms with Gasteiger partial charge in [-0.15, -0.1) is 0 Å². The van der Waals surface area contributed by atoms with E-state index in [2.05, 4.69) is 17.4 Å².